The third kappa shape index (κ3) is 3.68. The highest BCUT2D eigenvalue weighted by Crippen LogP contribution is 2.35. The molecule has 24 heavy (non-hydrogen) atoms. The summed E-state index contributed by atoms with van der Waals surface area (Å²) in [4.78, 5) is 15.2. The molecule has 1 aromatic rings. The molecule has 0 aromatic heterocycles. The Morgan fingerprint density at radius 3 is 2.46 bits per heavy atom. The summed E-state index contributed by atoms with van der Waals surface area (Å²) in [7, 11) is 0. The molecule has 1 aliphatic rings. The molecule has 0 aliphatic carbocycles. The lowest BCUT2D eigenvalue weighted by molar-refractivity contribution is 0.0616. The van der Waals surface area contributed by atoms with Gasteiger partial charge in [0.2, 0.25) is 0 Å². The Hall–Kier alpha value is -2.13. The number of carboxylic acid groups (broad SMARTS) is 1. The molecule has 1 aliphatic heterocycles. The maximum atomic E-state index is 11.6. The number of hydrogen-bond acceptors (Lipinski definition) is 4. The Kier molecular flexibility index (Phi) is 5.14. The third-order valence-corrected chi connectivity index (χ3v) is 4.72. The lowest BCUT2D eigenvalue weighted by Crippen LogP contribution is -2.54. The number of nitrogen functional groups attached to an aromatic ring is 1. The van der Waals surface area contributed by atoms with Gasteiger partial charge in [0.1, 0.15) is 0 Å². The minimum atomic E-state index is -0.894. The number of benzene rings is 1. The molecule has 130 valence electrons. The number of anilines is 2. The van der Waals surface area contributed by atoms with Crippen molar-refractivity contribution in [2.24, 2.45) is 0 Å². The molecule has 7 heteroatoms. The van der Waals surface area contributed by atoms with Crippen LogP contribution in [0.15, 0.2) is 12.1 Å². The van der Waals surface area contributed by atoms with Gasteiger partial charge in [-0.2, -0.15) is 5.26 Å². The lowest BCUT2D eigenvalue weighted by atomic mass is 9.96. The summed E-state index contributed by atoms with van der Waals surface area (Å²) >= 11 is 6.30. The van der Waals surface area contributed by atoms with Gasteiger partial charge in [-0.25, -0.2) is 4.79 Å². The molecule has 1 amide bonds. The van der Waals surface area contributed by atoms with Gasteiger partial charge < -0.3 is 20.6 Å². The van der Waals surface area contributed by atoms with Gasteiger partial charge in [0.25, 0.3) is 0 Å². The molecule has 1 saturated heterocycles. The Balaban J connectivity index is 2.18. The molecular weight excluding hydrogens is 328 g/mol. The zero-order chi connectivity index (χ0) is 18.1. The minimum absolute atomic E-state index is 0.0333. The number of nitriles is 1. The van der Waals surface area contributed by atoms with E-state index in [9.17, 15) is 9.90 Å². The van der Waals surface area contributed by atoms with E-state index in [0.29, 0.717) is 42.2 Å². The maximum Gasteiger partial charge on any atom is 0.407 e. The number of nitrogens with two attached hydrogens (primary N) is 1. The van der Waals surface area contributed by atoms with Crippen LogP contribution in [0.3, 0.4) is 0 Å². The van der Waals surface area contributed by atoms with Crippen molar-refractivity contribution in [3.63, 3.8) is 0 Å². The van der Waals surface area contributed by atoms with E-state index in [2.05, 4.69) is 11.0 Å². The topological polar surface area (TPSA) is 93.6 Å². The molecule has 0 bridgehead atoms. The van der Waals surface area contributed by atoms with E-state index in [4.69, 9.17) is 22.6 Å². The predicted molar refractivity (Wildman–Crippen MR) is 95.4 cm³/mol. The normalized spacial score (nSPS) is 15.9. The van der Waals surface area contributed by atoms with E-state index in [1.54, 1.807) is 12.1 Å². The number of nitrogens with zero attached hydrogens (tertiary/aromatic N) is 3. The lowest BCUT2D eigenvalue weighted by Gasteiger charge is -2.44. The standard InChI is InChI=1S/C17H23ClN4O2/c1-17(2,3)22(16(23)24)12-4-6-21(7-5-12)14-9-11(10-19)8-13(20)15(14)18/h8-9,12H,4-7,20H2,1-3H3,(H,23,24). The predicted octanol–water partition coefficient (Wildman–Crippen LogP) is 3.54. The molecule has 0 radical (unpaired) electrons. The molecule has 3 N–H and O–H groups in total. The first-order chi connectivity index (χ1) is 11.1. The number of rotatable bonds is 2. The monoisotopic (exact) mass is 350 g/mol. The van der Waals surface area contributed by atoms with Crippen LogP contribution >= 0.6 is 11.6 Å². The molecule has 6 nitrogen and oxygen atoms in total. The zero-order valence-electron chi connectivity index (χ0n) is 14.2. The summed E-state index contributed by atoms with van der Waals surface area (Å²) in [5.41, 5.74) is 7.03. The minimum Gasteiger partial charge on any atom is -0.465 e. The van der Waals surface area contributed by atoms with Crippen molar-refractivity contribution in [1.82, 2.24) is 4.90 Å². The summed E-state index contributed by atoms with van der Waals surface area (Å²) < 4.78 is 0. The summed E-state index contributed by atoms with van der Waals surface area (Å²) in [6.07, 6.45) is 0.516. The number of amides is 1. The van der Waals surface area contributed by atoms with Gasteiger partial charge in [-0.15, -0.1) is 0 Å². The van der Waals surface area contributed by atoms with Crippen molar-refractivity contribution in [2.75, 3.05) is 23.7 Å². The summed E-state index contributed by atoms with van der Waals surface area (Å²) in [6, 6.07) is 5.35. The molecule has 2 rings (SSSR count). The van der Waals surface area contributed by atoms with E-state index in [1.807, 2.05) is 20.8 Å². The van der Waals surface area contributed by atoms with Crippen LogP contribution in [-0.4, -0.2) is 40.8 Å². The fourth-order valence-electron chi connectivity index (χ4n) is 3.28. The van der Waals surface area contributed by atoms with Crippen LogP contribution in [0.2, 0.25) is 5.02 Å². The Bertz CT molecular complexity index is 670. The van der Waals surface area contributed by atoms with Crippen LogP contribution in [0, 0.1) is 11.3 Å². The number of halogens is 1. The summed E-state index contributed by atoms with van der Waals surface area (Å²) in [6.45, 7) is 7.04. The van der Waals surface area contributed by atoms with E-state index < -0.39 is 11.6 Å². The Morgan fingerprint density at radius 2 is 2.00 bits per heavy atom. The second kappa shape index (κ2) is 6.78. The van der Waals surface area contributed by atoms with E-state index >= 15 is 0 Å². The molecule has 1 aromatic carbocycles. The van der Waals surface area contributed by atoms with Crippen molar-refractivity contribution in [1.29, 1.82) is 5.26 Å². The van der Waals surface area contributed by atoms with Crippen LogP contribution in [-0.2, 0) is 0 Å². The second-order valence-corrected chi connectivity index (χ2v) is 7.43. The quantitative estimate of drug-likeness (QED) is 0.795. The highest BCUT2D eigenvalue weighted by Gasteiger charge is 2.35. The van der Waals surface area contributed by atoms with Gasteiger partial charge in [-0.05, 0) is 45.7 Å². The van der Waals surface area contributed by atoms with Gasteiger partial charge in [0.15, 0.2) is 0 Å². The number of piperidine rings is 1. The van der Waals surface area contributed by atoms with E-state index in [1.165, 1.54) is 4.90 Å². The van der Waals surface area contributed by atoms with Crippen LogP contribution in [0.25, 0.3) is 0 Å². The van der Waals surface area contributed by atoms with E-state index in [-0.39, 0.29) is 6.04 Å². The first-order valence-electron chi connectivity index (χ1n) is 7.91. The van der Waals surface area contributed by atoms with Crippen LogP contribution in [0.4, 0.5) is 16.2 Å². The van der Waals surface area contributed by atoms with Crippen LogP contribution in [0.5, 0.6) is 0 Å². The van der Waals surface area contributed by atoms with Gasteiger partial charge in [0, 0.05) is 24.7 Å². The number of carbonyl (C=O) groups is 1. The highest BCUT2D eigenvalue weighted by atomic mass is 35.5. The fraction of sp³-hybridized carbons (Fsp3) is 0.529. The van der Waals surface area contributed by atoms with Gasteiger partial charge in [-0.3, -0.25) is 0 Å². The van der Waals surface area contributed by atoms with Gasteiger partial charge in [0.05, 0.1) is 28.0 Å². The van der Waals surface area contributed by atoms with Gasteiger partial charge in [-0.1, -0.05) is 11.6 Å². The van der Waals surface area contributed by atoms with Crippen molar-refractivity contribution < 1.29 is 9.90 Å². The Morgan fingerprint density at radius 1 is 1.42 bits per heavy atom. The van der Waals surface area contributed by atoms with Gasteiger partial charge >= 0.3 is 6.09 Å². The largest absolute Gasteiger partial charge is 0.465 e. The maximum absolute atomic E-state index is 11.6. The average molecular weight is 351 g/mol. The van der Waals surface area contributed by atoms with Crippen LogP contribution in [0.1, 0.15) is 39.2 Å². The van der Waals surface area contributed by atoms with Crippen molar-refractivity contribution in [2.45, 2.75) is 45.2 Å². The molecule has 0 unspecified atom stereocenters. The Labute approximate surface area is 147 Å². The van der Waals surface area contributed by atoms with Crippen molar-refractivity contribution in [3.8, 4) is 6.07 Å². The molecule has 0 atom stereocenters. The van der Waals surface area contributed by atoms with Crippen molar-refractivity contribution >= 4 is 29.1 Å². The van der Waals surface area contributed by atoms with E-state index in [0.717, 1.165) is 5.69 Å². The molecule has 0 spiro atoms. The second-order valence-electron chi connectivity index (χ2n) is 7.05. The molecule has 1 fully saturated rings. The number of hydrogen-bond donors (Lipinski definition) is 2. The summed E-state index contributed by atoms with van der Waals surface area (Å²) in [5, 5.41) is 19.1. The first-order valence-corrected chi connectivity index (χ1v) is 8.29. The molecule has 0 saturated carbocycles. The van der Waals surface area contributed by atoms with Crippen LogP contribution < -0.4 is 10.6 Å². The molecular formula is C17H23ClN4O2. The van der Waals surface area contributed by atoms with Crippen molar-refractivity contribution in [3.05, 3.63) is 22.7 Å². The highest BCUT2D eigenvalue weighted by molar-refractivity contribution is 6.35. The fourth-order valence-corrected chi connectivity index (χ4v) is 3.51. The SMILES string of the molecule is CC(C)(C)N(C(=O)O)C1CCN(c2cc(C#N)cc(N)c2Cl)CC1. The third-order valence-electron chi connectivity index (χ3n) is 4.31. The smallest absolute Gasteiger partial charge is 0.407 e. The zero-order valence-corrected chi connectivity index (χ0v) is 15.0. The molecule has 1 heterocycles. The first kappa shape index (κ1) is 18.2. The average Bonchev–Trinajstić information content (AvgIpc) is 2.49. The summed E-state index contributed by atoms with van der Waals surface area (Å²) in [5.74, 6) is 0.